The van der Waals surface area contributed by atoms with Gasteiger partial charge in [0.25, 0.3) is 5.91 Å². The Bertz CT molecular complexity index is 251. The average molecular weight is 228 g/mol. The van der Waals surface area contributed by atoms with Crippen LogP contribution < -0.4 is 5.73 Å². The number of hydrogen-bond acceptors (Lipinski definition) is 3. The van der Waals surface area contributed by atoms with E-state index in [1.165, 1.54) is 0 Å². The highest BCUT2D eigenvalue weighted by Gasteiger charge is 2.26. The highest BCUT2D eigenvalue weighted by Crippen LogP contribution is 2.15. The van der Waals surface area contributed by atoms with Crippen molar-refractivity contribution in [1.29, 1.82) is 0 Å². The minimum atomic E-state index is -0.297. The Kier molecular flexibility index (Phi) is 6.29. The number of nitrogens with zero attached hydrogens (tertiary/aromatic N) is 1. The Labute approximate surface area is 98.1 Å². The molecule has 0 saturated carbocycles. The molecule has 0 bridgehead atoms. The van der Waals surface area contributed by atoms with Crippen molar-refractivity contribution in [3.63, 3.8) is 0 Å². The predicted octanol–water partition coefficient (Wildman–Crippen LogP) is 0.755. The summed E-state index contributed by atoms with van der Waals surface area (Å²) in [6.07, 6.45) is 0. The fourth-order valence-corrected chi connectivity index (χ4v) is 1.61. The lowest BCUT2D eigenvalue weighted by atomic mass is 9.95. The van der Waals surface area contributed by atoms with Crippen LogP contribution in [-0.4, -0.2) is 41.1 Å². The van der Waals surface area contributed by atoms with Gasteiger partial charge in [0.05, 0.1) is 6.61 Å². The zero-order valence-electron chi connectivity index (χ0n) is 10.7. The van der Waals surface area contributed by atoms with Gasteiger partial charge in [-0.05, 0) is 26.7 Å². The molecule has 94 valence electrons. The molecule has 0 aromatic heterocycles. The van der Waals surface area contributed by atoms with E-state index in [0.717, 1.165) is 0 Å². The van der Waals surface area contributed by atoms with Crippen LogP contribution in [-0.2, 0) is 4.79 Å². The van der Waals surface area contributed by atoms with Crippen LogP contribution in [0, 0.1) is 5.92 Å². The topological polar surface area (TPSA) is 66.6 Å². The van der Waals surface area contributed by atoms with Gasteiger partial charge < -0.3 is 15.7 Å². The lowest BCUT2D eigenvalue weighted by Crippen LogP contribution is -2.47. The fourth-order valence-electron chi connectivity index (χ4n) is 1.61. The molecule has 0 heterocycles. The summed E-state index contributed by atoms with van der Waals surface area (Å²) in [5.74, 6) is 0.0143. The van der Waals surface area contributed by atoms with E-state index in [1.807, 2.05) is 27.7 Å². The standard InChI is InChI=1S/C12H24N2O2/c1-6-14(12(16)8(2)7-15)11(5)9(3)10(4)13/h9-11,15H,2,6-7,13H2,1,3-5H3/t9-,10+,11?/m0/s1. The molecule has 4 nitrogen and oxygen atoms in total. The molecule has 0 aliphatic rings. The monoisotopic (exact) mass is 228 g/mol. The van der Waals surface area contributed by atoms with Gasteiger partial charge in [0.15, 0.2) is 0 Å². The molecule has 1 unspecified atom stereocenters. The van der Waals surface area contributed by atoms with Gasteiger partial charge in [0.2, 0.25) is 0 Å². The molecule has 0 aromatic rings. The van der Waals surface area contributed by atoms with E-state index in [-0.39, 0.29) is 36.1 Å². The summed E-state index contributed by atoms with van der Waals surface area (Å²) in [5.41, 5.74) is 6.06. The van der Waals surface area contributed by atoms with Crippen LogP contribution in [0.1, 0.15) is 27.7 Å². The number of nitrogens with two attached hydrogens (primary N) is 1. The Hall–Kier alpha value is -0.870. The zero-order valence-corrected chi connectivity index (χ0v) is 10.7. The summed E-state index contributed by atoms with van der Waals surface area (Å²) >= 11 is 0. The fraction of sp³-hybridized carbons (Fsp3) is 0.750. The van der Waals surface area contributed by atoms with Crippen molar-refractivity contribution in [2.45, 2.75) is 39.8 Å². The first-order chi connectivity index (χ1) is 7.36. The van der Waals surface area contributed by atoms with E-state index >= 15 is 0 Å². The molecule has 0 spiro atoms. The van der Waals surface area contributed by atoms with Gasteiger partial charge in [-0.3, -0.25) is 4.79 Å². The van der Waals surface area contributed by atoms with Gasteiger partial charge in [0, 0.05) is 24.2 Å². The number of aliphatic hydroxyl groups is 1. The first-order valence-corrected chi connectivity index (χ1v) is 5.71. The SMILES string of the molecule is C=C(CO)C(=O)N(CC)C(C)[C@@H](C)[C@@H](C)N. The summed E-state index contributed by atoms with van der Waals surface area (Å²) in [6, 6.07) is 0.0695. The van der Waals surface area contributed by atoms with Gasteiger partial charge in [-0.2, -0.15) is 0 Å². The van der Waals surface area contributed by atoms with Crippen molar-refractivity contribution in [1.82, 2.24) is 4.90 Å². The Morgan fingerprint density at radius 3 is 2.25 bits per heavy atom. The molecule has 1 amide bonds. The van der Waals surface area contributed by atoms with Gasteiger partial charge in [-0.15, -0.1) is 0 Å². The van der Waals surface area contributed by atoms with Gasteiger partial charge in [0.1, 0.15) is 0 Å². The van der Waals surface area contributed by atoms with Gasteiger partial charge >= 0.3 is 0 Å². The second-order valence-corrected chi connectivity index (χ2v) is 4.31. The van der Waals surface area contributed by atoms with Gasteiger partial charge in [-0.25, -0.2) is 0 Å². The van der Waals surface area contributed by atoms with Crippen LogP contribution in [0.4, 0.5) is 0 Å². The minimum absolute atomic E-state index is 0.0271. The van der Waals surface area contributed by atoms with Gasteiger partial charge in [-0.1, -0.05) is 13.5 Å². The Balaban J connectivity index is 4.73. The van der Waals surface area contributed by atoms with E-state index in [0.29, 0.717) is 6.54 Å². The lowest BCUT2D eigenvalue weighted by molar-refractivity contribution is -0.130. The molecule has 0 saturated heterocycles. The smallest absolute Gasteiger partial charge is 0.251 e. The van der Waals surface area contributed by atoms with Crippen LogP contribution >= 0.6 is 0 Å². The molecule has 4 heteroatoms. The van der Waals surface area contributed by atoms with Crippen molar-refractivity contribution in [2.24, 2.45) is 11.7 Å². The van der Waals surface area contributed by atoms with E-state index < -0.39 is 0 Å². The van der Waals surface area contributed by atoms with Crippen molar-refractivity contribution in [3.05, 3.63) is 12.2 Å². The number of likely N-dealkylation sites (N-methyl/N-ethyl adjacent to an activating group) is 1. The van der Waals surface area contributed by atoms with Crippen LogP contribution in [0.15, 0.2) is 12.2 Å². The number of hydrogen-bond donors (Lipinski definition) is 2. The van der Waals surface area contributed by atoms with Crippen molar-refractivity contribution >= 4 is 5.91 Å². The number of carbonyl (C=O) groups excluding carboxylic acids is 1. The first-order valence-electron chi connectivity index (χ1n) is 5.71. The molecular weight excluding hydrogens is 204 g/mol. The van der Waals surface area contributed by atoms with E-state index in [9.17, 15) is 4.79 Å². The second-order valence-electron chi connectivity index (χ2n) is 4.31. The summed E-state index contributed by atoms with van der Waals surface area (Å²) in [6.45, 7) is 11.7. The highest BCUT2D eigenvalue weighted by molar-refractivity contribution is 5.93. The Morgan fingerprint density at radius 1 is 1.44 bits per heavy atom. The predicted molar refractivity (Wildman–Crippen MR) is 65.9 cm³/mol. The second kappa shape index (κ2) is 6.66. The number of amides is 1. The molecule has 3 atom stereocenters. The van der Waals surface area contributed by atoms with Crippen LogP contribution in [0.25, 0.3) is 0 Å². The maximum absolute atomic E-state index is 11.9. The molecule has 16 heavy (non-hydrogen) atoms. The van der Waals surface area contributed by atoms with E-state index in [4.69, 9.17) is 10.8 Å². The van der Waals surface area contributed by atoms with Crippen molar-refractivity contribution in [3.8, 4) is 0 Å². The summed E-state index contributed by atoms with van der Waals surface area (Å²) < 4.78 is 0. The highest BCUT2D eigenvalue weighted by atomic mass is 16.3. The van der Waals surface area contributed by atoms with Crippen LogP contribution in [0.2, 0.25) is 0 Å². The van der Waals surface area contributed by atoms with Crippen molar-refractivity contribution < 1.29 is 9.90 Å². The van der Waals surface area contributed by atoms with E-state index in [1.54, 1.807) is 4.90 Å². The normalized spacial score (nSPS) is 16.4. The molecule has 0 aliphatic heterocycles. The zero-order chi connectivity index (χ0) is 12.9. The quantitative estimate of drug-likeness (QED) is 0.659. The van der Waals surface area contributed by atoms with E-state index in [2.05, 4.69) is 6.58 Å². The molecule has 0 aromatic carbocycles. The third-order valence-corrected chi connectivity index (χ3v) is 3.18. The largest absolute Gasteiger partial charge is 0.391 e. The lowest BCUT2D eigenvalue weighted by Gasteiger charge is -2.34. The Morgan fingerprint density at radius 2 is 1.94 bits per heavy atom. The maximum atomic E-state index is 11.9. The molecule has 0 radical (unpaired) electrons. The third-order valence-electron chi connectivity index (χ3n) is 3.18. The number of aliphatic hydroxyl groups excluding tert-OH is 1. The molecule has 0 fully saturated rings. The number of rotatable bonds is 6. The van der Waals surface area contributed by atoms with Crippen LogP contribution in [0.3, 0.4) is 0 Å². The average Bonchev–Trinajstić information content (AvgIpc) is 2.27. The molecule has 3 N–H and O–H groups in total. The first kappa shape index (κ1) is 15.1. The molecular formula is C12H24N2O2. The number of carbonyl (C=O) groups is 1. The van der Waals surface area contributed by atoms with Crippen molar-refractivity contribution in [2.75, 3.05) is 13.2 Å². The summed E-state index contributed by atoms with van der Waals surface area (Å²) in [5, 5.41) is 8.91. The third kappa shape index (κ3) is 3.61. The summed E-state index contributed by atoms with van der Waals surface area (Å²) in [4.78, 5) is 13.6. The van der Waals surface area contributed by atoms with Crippen LogP contribution in [0.5, 0.6) is 0 Å². The maximum Gasteiger partial charge on any atom is 0.251 e. The molecule has 0 rings (SSSR count). The summed E-state index contributed by atoms with van der Waals surface area (Å²) in [7, 11) is 0. The minimum Gasteiger partial charge on any atom is -0.391 e. The molecule has 0 aliphatic carbocycles.